The molecular weight excluding hydrogens is 570 g/mol. The van der Waals surface area contributed by atoms with Gasteiger partial charge < -0.3 is 25.0 Å². The molecule has 5 fully saturated rings. The van der Waals surface area contributed by atoms with E-state index in [2.05, 4.69) is 25.3 Å². The summed E-state index contributed by atoms with van der Waals surface area (Å²) in [5.41, 5.74) is 3.11. The van der Waals surface area contributed by atoms with Gasteiger partial charge in [0.05, 0.1) is 24.3 Å². The van der Waals surface area contributed by atoms with Gasteiger partial charge in [-0.15, -0.1) is 0 Å². The highest BCUT2D eigenvalue weighted by molar-refractivity contribution is 6.32. The number of phenols is 1. The Kier molecular flexibility index (Phi) is 6.41. The first kappa shape index (κ1) is 27.3. The monoisotopic (exact) mass is 607 g/mol. The molecule has 1 atom stereocenters. The zero-order valence-electron chi connectivity index (χ0n) is 24.3. The van der Waals surface area contributed by atoms with E-state index in [1.807, 2.05) is 6.07 Å². The van der Waals surface area contributed by atoms with Gasteiger partial charge in [0, 0.05) is 35.4 Å². The lowest BCUT2D eigenvalue weighted by atomic mass is 9.88. The van der Waals surface area contributed by atoms with Gasteiger partial charge in [-0.3, -0.25) is 15.0 Å². The lowest BCUT2D eigenvalue weighted by Crippen LogP contribution is -2.59. The van der Waals surface area contributed by atoms with E-state index in [9.17, 15) is 14.7 Å². The predicted molar refractivity (Wildman–Crippen MR) is 161 cm³/mol. The first-order valence-corrected chi connectivity index (χ1v) is 16.1. The minimum absolute atomic E-state index is 0.0599. The summed E-state index contributed by atoms with van der Waals surface area (Å²) in [6.07, 6.45) is 8.88. The van der Waals surface area contributed by atoms with Crippen molar-refractivity contribution in [1.29, 1.82) is 0 Å². The number of carbonyl (C=O) groups excluding carboxylic acids is 2. The van der Waals surface area contributed by atoms with Gasteiger partial charge >= 0.3 is 12.0 Å². The quantitative estimate of drug-likeness (QED) is 0.424. The summed E-state index contributed by atoms with van der Waals surface area (Å²) >= 11 is 6.66. The number of benzene rings is 1. The summed E-state index contributed by atoms with van der Waals surface area (Å²) in [5.74, 6) is 1.09. The number of fused-ring (bicyclic) bond motifs is 2. The highest BCUT2D eigenvalue weighted by Gasteiger charge is 2.50. The number of piperidine rings is 1. The number of imide groups is 1. The third-order valence-electron chi connectivity index (χ3n) is 10.5. The van der Waals surface area contributed by atoms with Gasteiger partial charge in [-0.1, -0.05) is 11.6 Å². The summed E-state index contributed by atoms with van der Waals surface area (Å²) in [7, 11) is 0. The van der Waals surface area contributed by atoms with E-state index in [0.717, 1.165) is 86.6 Å². The molecule has 1 aromatic carbocycles. The maximum Gasteiger partial charge on any atom is 0.322 e. The topological polar surface area (TPSA) is 123 Å². The van der Waals surface area contributed by atoms with E-state index < -0.39 is 11.6 Å². The molecule has 0 bridgehead atoms. The third kappa shape index (κ3) is 4.66. The molecule has 1 saturated carbocycles. The molecule has 11 nitrogen and oxygen atoms in total. The maximum absolute atomic E-state index is 12.9. The van der Waals surface area contributed by atoms with Crippen molar-refractivity contribution < 1.29 is 19.4 Å². The van der Waals surface area contributed by atoms with Gasteiger partial charge in [0.1, 0.15) is 23.7 Å². The van der Waals surface area contributed by atoms with Crippen LogP contribution in [0.15, 0.2) is 12.1 Å². The Bertz CT molecular complexity index is 1490. The van der Waals surface area contributed by atoms with Crippen LogP contribution in [0.25, 0.3) is 0 Å². The average Bonchev–Trinajstić information content (AvgIpc) is 3.52. The molecule has 8 rings (SSSR count). The molecule has 43 heavy (non-hydrogen) atoms. The average molecular weight is 608 g/mol. The second-order valence-electron chi connectivity index (χ2n) is 13.3. The SMILES string of the molecule is O=C1NC(=O)C2(CCCN(c3nc(OCC45CCCN4CCC5)nc4c3CCN(c3cc(O)cc(Cl)c3C3CC3)C4)C2)N1. The van der Waals surface area contributed by atoms with E-state index in [1.54, 1.807) is 6.07 Å². The Labute approximate surface area is 255 Å². The molecule has 5 aliphatic heterocycles. The first-order valence-electron chi connectivity index (χ1n) is 15.8. The molecule has 228 valence electrons. The van der Waals surface area contributed by atoms with Crippen molar-refractivity contribution in [2.75, 3.05) is 49.1 Å². The van der Waals surface area contributed by atoms with Crippen molar-refractivity contribution in [3.8, 4) is 11.8 Å². The number of aromatic nitrogens is 2. The van der Waals surface area contributed by atoms with Crippen LogP contribution >= 0.6 is 11.6 Å². The van der Waals surface area contributed by atoms with E-state index in [-0.39, 0.29) is 17.2 Å². The number of phenolic OH excluding ortho intramolecular Hbond substituents is 1. The Morgan fingerprint density at radius 1 is 1.02 bits per heavy atom. The number of aromatic hydroxyl groups is 1. The third-order valence-corrected chi connectivity index (χ3v) is 10.8. The summed E-state index contributed by atoms with van der Waals surface area (Å²) in [4.78, 5) is 42.0. The van der Waals surface area contributed by atoms with Crippen LogP contribution in [0.2, 0.25) is 5.02 Å². The normalized spacial score (nSPS) is 26.4. The zero-order valence-corrected chi connectivity index (χ0v) is 25.1. The van der Waals surface area contributed by atoms with Gasteiger partial charge in [0.2, 0.25) is 0 Å². The van der Waals surface area contributed by atoms with Crippen molar-refractivity contribution in [2.45, 2.75) is 81.3 Å². The smallest absolute Gasteiger partial charge is 0.322 e. The molecule has 12 heteroatoms. The van der Waals surface area contributed by atoms with Gasteiger partial charge in [-0.05, 0) is 88.4 Å². The minimum Gasteiger partial charge on any atom is -0.508 e. The fourth-order valence-corrected chi connectivity index (χ4v) is 8.62. The van der Waals surface area contributed by atoms with E-state index >= 15 is 0 Å². The number of anilines is 2. The van der Waals surface area contributed by atoms with Crippen LogP contribution in [0, 0.1) is 0 Å². The molecule has 1 aromatic heterocycles. The molecule has 6 aliphatic rings. The molecule has 0 radical (unpaired) electrons. The standard InChI is InChI=1S/C31H38ClN7O4/c32-22-14-20(40)15-24(25(22)19-4-5-19)37-13-6-21-23(16-37)33-29(43-18-30-7-1-11-39(30)12-2-8-30)34-26(21)38-10-3-9-31(17-38)27(41)35-28(42)36-31/h14-15,19,40H,1-13,16-18H2,(H2,35,36,41,42). The van der Waals surface area contributed by atoms with Crippen LogP contribution in [0.1, 0.15) is 74.1 Å². The van der Waals surface area contributed by atoms with Crippen molar-refractivity contribution in [1.82, 2.24) is 25.5 Å². The summed E-state index contributed by atoms with van der Waals surface area (Å²) in [6.45, 7) is 5.13. The Morgan fingerprint density at radius 3 is 2.56 bits per heavy atom. The van der Waals surface area contributed by atoms with Gasteiger partial charge in [0.25, 0.3) is 5.91 Å². The summed E-state index contributed by atoms with van der Waals surface area (Å²) < 4.78 is 6.48. The number of hydrogen-bond donors (Lipinski definition) is 3. The molecule has 2 aromatic rings. The Balaban J connectivity index is 1.14. The van der Waals surface area contributed by atoms with Crippen molar-refractivity contribution in [3.63, 3.8) is 0 Å². The summed E-state index contributed by atoms with van der Waals surface area (Å²) in [6, 6.07) is 3.39. The number of nitrogens with zero attached hydrogens (tertiary/aromatic N) is 5. The van der Waals surface area contributed by atoms with Gasteiger partial charge in [0.15, 0.2) is 0 Å². The number of carbonyl (C=O) groups is 2. The summed E-state index contributed by atoms with van der Waals surface area (Å²) in [5, 5.41) is 16.4. The van der Waals surface area contributed by atoms with Crippen LogP contribution in [-0.2, 0) is 17.8 Å². The molecule has 4 saturated heterocycles. The number of halogens is 1. The van der Waals surface area contributed by atoms with Crippen molar-refractivity contribution in [3.05, 3.63) is 34.0 Å². The number of hydrogen-bond acceptors (Lipinski definition) is 9. The predicted octanol–water partition coefficient (Wildman–Crippen LogP) is 3.46. The van der Waals surface area contributed by atoms with Crippen LogP contribution in [0.4, 0.5) is 16.3 Å². The van der Waals surface area contributed by atoms with Crippen molar-refractivity contribution in [2.24, 2.45) is 0 Å². The first-order chi connectivity index (χ1) is 20.8. The second kappa shape index (κ2) is 10.1. The van der Waals surface area contributed by atoms with E-state index in [0.29, 0.717) is 49.5 Å². The minimum atomic E-state index is -0.959. The highest BCUT2D eigenvalue weighted by atomic mass is 35.5. The van der Waals surface area contributed by atoms with Crippen molar-refractivity contribution >= 4 is 35.0 Å². The van der Waals surface area contributed by atoms with Crippen LogP contribution in [-0.4, -0.2) is 82.3 Å². The molecule has 3 amide bonds. The lowest BCUT2D eigenvalue weighted by molar-refractivity contribution is -0.124. The number of urea groups is 1. The fourth-order valence-electron chi connectivity index (χ4n) is 8.26. The maximum atomic E-state index is 12.9. The van der Waals surface area contributed by atoms with Crippen LogP contribution < -0.4 is 25.2 Å². The molecule has 1 unspecified atom stereocenters. The zero-order chi connectivity index (χ0) is 29.3. The Morgan fingerprint density at radius 2 is 1.81 bits per heavy atom. The fraction of sp³-hybridized carbons (Fsp3) is 0.613. The van der Waals surface area contributed by atoms with Gasteiger partial charge in [-0.2, -0.15) is 9.97 Å². The lowest BCUT2D eigenvalue weighted by Gasteiger charge is -2.40. The van der Waals surface area contributed by atoms with E-state index in [4.69, 9.17) is 26.3 Å². The van der Waals surface area contributed by atoms with Gasteiger partial charge in [-0.25, -0.2) is 4.79 Å². The number of nitrogens with one attached hydrogen (secondary N) is 2. The molecule has 1 spiro atoms. The highest BCUT2D eigenvalue weighted by Crippen LogP contribution is 2.50. The largest absolute Gasteiger partial charge is 0.508 e. The van der Waals surface area contributed by atoms with Crippen LogP contribution in [0.3, 0.4) is 0 Å². The Hall–Kier alpha value is -3.31. The number of amides is 3. The molecular formula is C31H38ClN7O4. The van der Waals surface area contributed by atoms with Crippen LogP contribution in [0.5, 0.6) is 11.8 Å². The second-order valence-corrected chi connectivity index (χ2v) is 13.7. The number of ether oxygens (including phenoxy) is 1. The molecule has 6 heterocycles. The number of rotatable bonds is 6. The molecule has 3 N–H and O–H groups in total. The van der Waals surface area contributed by atoms with E-state index in [1.165, 1.54) is 12.8 Å². The molecule has 1 aliphatic carbocycles.